The van der Waals surface area contributed by atoms with Gasteiger partial charge in [0, 0.05) is 19.5 Å². The molecule has 0 aliphatic carbocycles. The molecule has 0 rings (SSSR count). The summed E-state index contributed by atoms with van der Waals surface area (Å²) in [6.07, 6.45) is 0. The molecule has 0 saturated carbocycles. The van der Waals surface area contributed by atoms with Crippen LogP contribution in [-0.4, -0.2) is 51.1 Å². The van der Waals surface area contributed by atoms with Gasteiger partial charge in [-0.1, -0.05) is 0 Å². The SMILES string of the molecule is O.O[Si](O)(O)O.[AlH3].[H-].[K+].[Zn]. The first-order chi connectivity index (χ1) is 2.00. The molecule has 0 atom stereocenters. The van der Waals surface area contributed by atoms with E-state index in [1.165, 1.54) is 0 Å². The van der Waals surface area contributed by atoms with Crippen molar-refractivity contribution in [2.75, 3.05) is 0 Å². The van der Waals surface area contributed by atoms with Crippen molar-refractivity contribution in [1.29, 1.82) is 0 Å². The summed E-state index contributed by atoms with van der Waals surface area (Å²) in [5.74, 6) is 0. The van der Waals surface area contributed by atoms with Crippen molar-refractivity contribution in [3.8, 4) is 0 Å². The van der Waals surface area contributed by atoms with E-state index in [1.54, 1.807) is 0 Å². The van der Waals surface area contributed by atoms with Crippen LogP contribution in [0, 0.1) is 0 Å². The van der Waals surface area contributed by atoms with Crippen LogP contribution < -0.4 is 51.4 Å². The third kappa shape index (κ3) is 106. The molecule has 50 valence electrons. The molecule has 0 aromatic heterocycles. The molecular weight excluding hydrogens is 240 g/mol. The summed E-state index contributed by atoms with van der Waals surface area (Å²) in [7, 11) is -4.61. The van der Waals surface area contributed by atoms with E-state index >= 15 is 0 Å². The molecule has 0 unspecified atom stereocenters. The molecule has 5 nitrogen and oxygen atoms in total. The zero-order chi connectivity index (χ0) is 4.50. The summed E-state index contributed by atoms with van der Waals surface area (Å²) < 4.78 is 0. The molecule has 0 aromatic rings. The monoisotopic (exact) mass is 248 g/mol. The van der Waals surface area contributed by atoms with Crippen molar-refractivity contribution in [1.82, 2.24) is 0 Å². The van der Waals surface area contributed by atoms with Gasteiger partial charge in [0.15, 0.2) is 17.4 Å². The summed E-state index contributed by atoms with van der Waals surface area (Å²) in [5, 5.41) is 0. The molecular formula is H10AlKO5SiZn. The zero-order valence-electron chi connectivity index (χ0n) is 5.50. The van der Waals surface area contributed by atoms with E-state index in [9.17, 15) is 0 Å². The molecule has 0 bridgehead atoms. The second-order valence-electron chi connectivity index (χ2n) is 0.600. The molecule has 0 amide bonds. The van der Waals surface area contributed by atoms with Gasteiger partial charge in [0.1, 0.15) is 0 Å². The topological polar surface area (TPSA) is 112 Å². The molecule has 0 radical (unpaired) electrons. The third-order valence-electron chi connectivity index (χ3n) is 0. The van der Waals surface area contributed by atoms with Crippen LogP contribution in [0.15, 0.2) is 0 Å². The maximum absolute atomic E-state index is 7.33. The maximum Gasteiger partial charge on any atom is 1.00 e. The molecule has 0 fully saturated rings. The van der Waals surface area contributed by atoms with Crippen molar-refractivity contribution in [2.24, 2.45) is 0 Å². The summed E-state index contributed by atoms with van der Waals surface area (Å²) >= 11 is 0. The van der Waals surface area contributed by atoms with Gasteiger partial charge in [-0.2, -0.15) is 0 Å². The molecule has 0 spiro atoms. The fourth-order valence-corrected chi connectivity index (χ4v) is 0. The van der Waals surface area contributed by atoms with Crippen LogP contribution in [0.3, 0.4) is 0 Å². The van der Waals surface area contributed by atoms with Crippen LogP contribution >= 0.6 is 0 Å². The first-order valence-electron chi connectivity index (χ1n) is 0.894. The van der Waals surface area contributed by atoms with Crippen molar-refractivity contribution in [3.05, 3.63) is 0 Å². The Morgan fingerprint density at radius 1 is 1.00 bits per heavy atom. The van der Waals surface area contributed by atoms with Crippen LogP contribution in [0.2, 0.25) is 0 Å². The molecule has 0 heterocycles. The van der Waals surface area contributed by atoms with Gasteiger partial charge in [0.25, 0.3) is 0 Å². The maximum atomic E-state index is 7.33. The summed E-state index contributed by atoms with van der Waals surface area (Å²) in [5.41, 5.74) is 0. The van der Waals surface area contributed by atoms with E-state index in [0.29, 0.717) is 0 Å². The summed E-state index contributed by atoms with van der Waals surface area (Å²) in [4.78, 5) is 29.3. The molecule has 9 heteroatoms. The van der Waals surface area contributed by atoms with Crippen LogP contribution in [0.1, 0.15) is 1.43 Å². The predicted molar refractivity (Wildman–Crippen MR) is 29.3 cm³/mol. The quantitative estimate of drug-likeness (QED) is 0.320. The number of rotatable bonds is 0. The normalized spacial score (nSPS) is 6.67. The molecule has 9 heavy (non-hydrogen) atoms. The Kier molecular flexibility index (Phi) is 44.3. The average molecular weight is 250 g/mol. The Bertz CT molecular complexity index is 37.1. The molecule has 0 saturated heterocycles. The minimum absolute atomic E-state index is 0. The van der Waals surface area contributed by atoms with Gasteiger partial charge in [0.05, 0.1) is 0 Å². The predicted octanol–water partition coefficient (Wildman–Crippen LogP) is -7.50. The van der Waals surface area contributed by atoms with E-state index in [-0.39, 0.29) is 95.1 Å². The standard InChI is InChI=1S/Al.K.H4O4Si.H2O.Zn.4H/c;;1-5(2,3)4;;;;;;/h;;1-4H;1H2;;;;;/q;+1;;;;;;;-1. The Hall–Kier alpha value is 2.81. The molecule has 0 aromatic carbocycles. The van der Waals surface area contributed by atoms with Gasteiger partial charge in [-0.15, -0.1) is 0 Å². The third-order valence-corrected chi connectivity index (χ3v) is 0. The average Bonchev–Trinajstić information content (AvgIpc) is 0.722. The van der Waals surface area contributed by atoms with Gasteiger partial charge in [-0.3, -0.25) is 0 Å². The van der Waals surface area contributed by atoms with Gasteiger partial charge < -0.3 is 26.1 Å². The van der Waals surface area contributed by atoms with Crippen LogP contribution in [0.5, 0.6) is 0 Å². The summed E-state index contributed by atoms with van der Waals surface area (Å²) in [6, 6.07) is 0. The smallest absolute Gasteiger partial charge is 1.00 e. The van der Waals surface area contributed by atoms with E-state index in [1.807, 2.05) is 0 Å². The second-order valence-corrected chi connectivity index (χ2v) is 1.80. The Labute approximate surface area is 121 Å². The zero-order valence-corrected chi connectivity index (χ0v) is 11.6. The molecule has 6 N–H and O–H groups in total. The van der Waals surface area contributed by atoms with E-state index in [0.717, 1.165) is 0 Å². The van der Waals surface area contributed by atoms with E-state index in [4.69, 9.17) is 19.2 Å². The Morgan fingerprint density at radius 3 is 1.00 bits per heavy atom. The minimum atomic E-state index is -4.61. The summed E-state index contributed by atoms with van der Waals surface area (Å²) in [6.45, 7) is 0. The van der Waals surface area contributed by atoms with Crippen molar-refractivity contribution in [2.45, 2.75) is 0 Å². The minimum Gasteiger partial charge on any atom is -1.00 e. The first-order valence-corrected chi connectivity index (χ1v) is 2.68. The van der Waals surface area contributed by atoms with Crippen molar-refractivity contribution in [3.63, 3.8) is 0 Å². The largest absolute Gasteiger partial charge is 1.00 e. The van der Waals surface area contributed by atoms with Gasteiger partial charge in [-0.25, -0.2) is 0 Å². The number of hydrogen-bond donors (Lipinski definition) is 4. The van der Waals surface area contributed by atoms with E-state index < -0.39 is 9.05 Å². The molecule has 0 aliphatic rings. The van der Waals surface area contributed by atoms with Gasteiger partial charge in [-0.05, 0) is 0 Å². The molecule has 0 aliphatic heterocycles. The fourth-order valence-electron chi connectivity index (χ4n) is 0. The first kappa shape index (κ1) is 29.8. The van der Waals surface area contributed by atoms with Crippen LogP contribution in [0.4, 0.5) is 0 Å². The van der Waals surface area contributed by atoms with Crippen LogP contribution in [0.25, 0.3) is 0 Å². The van der Waals surface area contributed by atoms with Crippen molar-refractivity contribution >= 4 is 26.4 Å². The Morgan fingerprint density at radius 2 is 1.00 bits per heavy atom. The van der Waals surface area contributed by atoms with E-state index in [2.05, 4.69) is 0 Å². The van der Waals surface area contributed by atoms with Gasteiger partial charge in [0.2, 0.25) is 0 Å². The second kappa shape index (κ2) is 13.4. The Balaban J connectivity index is -0.00000000800. The van der Waals surface area contributed by atoms with Crippen molar-refractivity contribution < 1.29 is 96.9 Å². The van der Waals surface area contributed by atoms with Crippen LogP contribution in [-0.2, 0) is 19.5 Å². The van der Waals surface area contributed by atoms with Gasteiger partial charge >= 0.3 is 60.4 Å². The fraction of sp³-hybridized carbons (Fsp3) is 0. The number of hydrogen-bond acceptors (Lipinski definition) is 4.